The standard InChI is InChI=1S/C17H17N5O3S/c1-12(13-4-8-16(9-5-13)26(18,24)25)21-17(23)14-2-6-15(7-3-14)22-11-19-10-20-22/h2-12H,1H3,(H,21,23)(H2,18,24,25)/t12-/m0/s1. The van der Waals surface area contributed by atoms with Gasteiger partial charge in [-0.25, -0.2) is 23.2 Å². The molecule has 3 aromatic rings. The highest BCUT2D eigenvalue weighted by Gasteiger charge is 2.13. The summed E-state index contributed by atoms with van der Waals surface area (Å²) in [6, 6.07) is 12.7. The zero-order valence-electron chi connectivity index (χ0n) is 13.9. The number of carbonyl (C=O) groups is 1. The largest absolute Gasteiger partial charge is 0.346 e. The zero-order chi connectivity index (χ0) is 18.7. The molecule has 0 unspecified atom stereocenters. The zero-order valence-corrected chi connectivity index (χ0v) is 14.7. The van der Waals surface area contributed by atoms with E-state index in [-0.39, 0.29) is 16.8 Å². The lowest BCUT2D eigenvalue weighted by atomic mass is 10.1. The van der Waals surface area contributed by atoms with Crippen molar-refractivity contribution in [2.24, 2.45) is 5.14 Å². The maximum atomic E-state index is 12.4. The number of sulfonamides is 1. The molecule has 0 spiro atoms. The van der Waals surface area contributed by atoms with Crippen molar-refractivity contribution in [1.29, 1.82) is 0 Å². The van der Waals surface area contributed by atoms with Gasteiger partial charge in [0.05, 0.1) is 16.6 Å². The molecule has 0 bridgehead atoms. The Balaban J connectivity index is 1.69. The molecule has 3 N–H and O–H groups in total. The second kappa shape index (κ2) is 7.06. The molecule has 26 heavy (non-hydrogen) atoms. The minimum Gasteiger partial charge on any atom is -0.346 e. The molecule has 1 heterocycles. The maximum absolute atomic E-state index is 12.4. The Labute approximate surface area is 150 Å². The molecular formula is C17H17N5O3S. The molecule has 9 heteroatoms. The second-order valence-electron chi connectivity index (χ2n) is 5.70. The number of primary sulfonamides is 1. The topological polar surface area (TPSA) is 120 Å². The van der Waals surface area contributed by atoms with Crippen LogP contribution in [-0.2, 0) is 10.0 Å². The molecule has 0 saturated carbocycles. The molecule has 0 aliphatic heterocycles. The van der Waals surface area contributed by atoms with E-state index in [9.17, 15) is 13.2 Å². The van der Waals surface area contributed by atoms with Gasteiger partial charge in [0.25, 0.3) is 5.91 Å². The van der Waals surface area contributed by atoms with Gasteiger partial charge >= 0.3 is 0 Å². The Morgan fingerprint density at radius 3 is 2.31 bits per heavy atom. The number of aromatic nitrogens is 3. The number of carbonyl (C=O) groups excluding carboxylic acids is 1. The third-order valence-corrected chi connectivity index (χ3v) is 4.80. The summed E-state index contributed by atoms with van der Waals surface area (Å²) in [5, 5.41) is 12.0. The first kappa shape index (κ1) is 17.8. The summed E-state index contributed by atoms with van der Waals surface area (Å²) < 4.78 is 24.2. The van der Waals surface area contributed by atoms with Crippen molar-refractivity contribution in [3.63, 3.8) is 0 Å². The van der Waals surface area contributed by atoms with Crippen LogP contribution in [-0.4, -0.2) is 29.1 Å². The van der Waals surface area contributed by atoms with E-state index in [0.717, 1.165) is 11.3 Å². The van der Waals surface area contributed by atoms with Crippen LogP contribution >= 0.6 is 0 Å². The van der Waals surface area contributed by atoms with Crippen molar-refractivity contribution >= 4 is 15.9 Å². The molecule has 8 nitrogen and oxygen atoms in total. The Morgan fingerprint density at radius 1 is 1.12 bits per heavy atom. The van der Waals surface area contributed by atoms with Crippen molar-refractivity contribution in [2.75, 3.05) is 0 Å². The molecule has 2 aromatic carbocycles. The van der Waals surface area contributed by atoms with Crippen LogP contribution in [0, 0.1) is 0 Å². The Kier molecular flexibility index (Phi) is 4.83. The number of nitrogens with zero attached hydrogens (tertiary/aromatic N) is 3. The van der Waals surface area contributed by atoms with Gasteiger partial charge in [0.2, 0.25) is 10.0 Å². The molecule has 134 valence electrons. The van der Waals surface area contributed by atoms with Crippen molar-refractivity contribution in [2.45, 2.75) is 17.9 Å². The third-order valence-electron chi connectivity index (χ3n) is 3.87. The summed E-state index contributed by atoms with van der Waals surface area (Å²) in [4.78, 5) is 16.3. The van der Waals surface area contributed by atoms with Crippen LogP contribution in [0.4, 0.5) is 0 Å². The van der Waals surface area contributed by atoms with Crippen molar-refractivity contribution in [3.8, 4) is 5.69 Å². The molecule has 0 aliphatic carbocycles. The van der Waals surface area contributed by atoms with Gasteiger partial charge in [-0.3, -0.25) is 4.79 Å². The molecule has 0 fully saturated rings. The van der Waals surface area contributed by atoms with Gasteiger partial charge in [-0.15, -0.1) is 0 Å². The first-order chi connectivity index (χ1) is 12.3. The van der Waals surface area contributed by atoms with E-state index in [1.807, 2.05) is 6.92 Å². The first-order valence-electron chi connectivity index (χ1n) is 7.73. The van der Waals surface area contributed by atoms with E-state index >= 15 is 0 Å². The van der Waals surface area contributed by atoms with Gasteiger partial charge in [-0.05, 0) is 48.9 Å². The Bertz CT molecular complexity index is 998. The van der Waals surface area contributed by atoms with E-state index in [0.29, 0.717) is 5.56 Å². The third kappa shape index (κ3) is 3.95. The molecular weight excluding hydrogens is 354 g/mol. The first-order valence-corrected chi connectivity index (χ1v) is 9.28. The Hall–Kier alpha value is -3.04. The minimum atomic E-state index is -3.73. The van der Waals surface area contributed by atoms with Gasteiger partial charge in [0.1, 0.15) is 12.7 Å². The summed E-state index contributed by atoms with van der Waals surface area (Å²) in [5.74, 6) is -0.238. The molecule has 0 aliphatic rings. The van der Waals surface area contributed by atoms with E-state index in [4.69, 9.17) is 5.14 Å². The fourth-order valence-corrected chi connectivity index (χ4v) is 2.93. The lowest BCUT2D eigenvalue weighted by molar-refractivity contribution is 0.0940. The fraction of sp³-hybridized carbons (Fsp3) is 0.118. The van der Waals surface area contributed by atoms with Crippen LogP contribution in [0.25, 0.3) is 5.69 Å². The van der Waals surface area contributed by atoms with E-state index in [1.54, 1.807) is 47.4 Å². The van der Waals surface area contributed by atoms with Gasteiger partial charge in [-0.2, -0.15) is 5.10 Å². The number of amides is 1. The molecule has 3 rings (SSSR count). The van der Waals surface area contributed by atoms with Crippen LogP contribution < -0.4 is 10.5 Å². The monoisotopic (exact) mass is 371 g/mol. The SMILES string of the molecule is C[C@H](NC(=O)c1ccc(-n2cncn2)cc1)c1ccc(S(N)(=O)=O)cc1. The summed E-state index contributed by atoms with van der Waals surface area (Å²) in [6.45, 7) is 1.81. The number of rotatable bonds is 5. The van der Waals surface area contributed by atoms with E-state index in [1.165, 1.54) is 18.5 Å². The van der Waals surface area contributed by atoms with Crippen LogP contribution in [0.1, 0.15) is 28.9 Å². The van der Waals surface area contributed by atoms with E-state index in [2.05, 4.69) is 15.4 Å². The summed E-state index contributed by atoms with van der Waals surface area (Å²) in [6.07, 6.45) is 3.01. The maximum Gasteiger partial charge on any atom is 0.251 e. The van der Waals surface area contributed by atoms with Gasteiger partial charge in [-0.1, -0.05) is 12.1 Å². The quantitative estimate of drug-likeness (QED) is 0.702. The normalized spacial score (nSPS) is 12.5. The van der Waals surface area contributed by atoms with Crippen LogP contribution in [0.2, 0.25) is 0 Å². The number of hydrogen-bond donors (Lipinski definition) is 2. The summed E-state index contributed by atoms with van der Waals surface area (Å²) in [5.41, 5.74) is 2.07. The van der Waals surface area contributed by atoms with Gasteiger partial charge < -0.3 is 5.32 Å². The van der Waals surface area contributed by atoms with Crippen LogP contribution in [0.5, 0.6) is 0 Å². The Morgan fingerprint density at radius 2 is 1.77 bits per heavy atom. The van der Waals surface area contributed by atoms with Crippen LogP contribution in [0.3, 0.4) is 0 Å². The van der Waals surface area contributed by atoms with E-state index < -0.39 is 10.0 Å². The van der Waals surface area contributed by atoms with Crippen molar-refractivity contribution in [3.05, 3.63) is 72.3 Å². The lowest BCUT2D eigenvalue weighted by Crippen LogP contribution is -2.26. The van der Waals surface area contributed by atoms with Gasteiger partial charge in [0.15, 0.2) is 0 Å². The predicted octanol–water partition coefficient (Wildman–Crippen LogP) is 1.41. The molecule has 1 amide bonds. The number of nitrogens with one attached hydrogen (secondary N) is 1. The smallest absolute Gasteiger partial charge is 0.251 e. The van der Waals surface area contributed by atoms with Gasteiger partial charge in [0, 0.05) is 5.56 Å². The number of hydrogen-bond acceptors (Lipinski definition) is 5. The molecule has 1 atom stereocenters. The highest BCUT2D eigenvalue weighted by molar-refractivity contribution is 7.89. The highest BCUT2D eigenvalue weighted by atomic mass is 32.2. The molecule has 1 aromatic heterocycles. The van der Waals surface area contributed by atoms with Crippen molar-refractivity contribution in [1.82, 2.24) is 20.1 Å². The number of benzene rings is 2. The van der Waals surface area contributed by atoms with Crippen LogP contribution in [0.15, 0.2) is 66.1 Å². The summed E-state index contributed by atoms with van der Waals surface area (Å²) in [7, 11) is -3.73. The molecule has 0 saturated heterocycles. The second-order valence-corrected chi connectivity index (χ2v) is 7.26. The highest BCUT2D eigenvalue weighted by Crippen LogP contribution is 2.16. The minimum absolute atomic E-state index is 0.0310. The predicted molar refractivity (Wildman–Crippen MR) is 95.1 cm³/mol. The lowest BCUT2D eigenvalue weighted by Gasteiger charge is -2.15. The molecule has 0 radical (unpaired) electrons. The summed E-state index contributed by atoms with van der Waals surface area (Å²) >= 11 is 0. The van der Waals surface area contributed by atoms with Crippen molar-refractivity contribution < 1.29 is 13.2 Å². The fourth-order valence-electron chi connectivity index (χ4n) is 2.42. The number of nitrogens with two attached hydrogens (primary N) is 1. The average Bonchev–Trinajstić information content (AvgIpc) is 3.16. The average molecular weight is 371 g/mol.